The van der Waals surface area contributed by atoms with E-state index in [-0.39, 0.29) is 11.7 Å². The van der Waals surface area contributed by atoms with E-state index >= 15 is 0 Å². The van der Waals surface area contributed by atoms with E-state index in [4.69, 9.17) is 17.0 Å². The van der Waals surface area contributed by atoms with Crippen LogP contribution in [0.15, 0.2) is 24.3 Å². The molecule has 0 saturated carbocycles. The Morgan fingerprint density at radius 2 is 2.31 bits per heavy atom. The monoisotopic (exact) mass is 239 g/mol. The number of aromatic hydroxyl groups is 1. The molecule has 0 saturated heterocycles. The number of hydrogen-bond donors (Lipinski definition) is 2. The van der Waals surface area contributed by atoms with Crippen LogP contribution in [0, 0.1) is 0 Å². The lowest BCUT2D eigenvalue weighted by Crippen LogP contribution is -2.25. The summed E-state index contributed by atoms with van der Waals surface area (Å²) in [6.45, 7) is 2.16. The fourth-order valence-corrected chi connectivity index (χ4v) is 1.30. The van der Waals surface area contributed by atoms with Crippen LogP contribution < -0.4 is 5.32 Å². The molecule has 1 aromatic carbocycles. The number of ether oxygens (including phenoxy) is 1. The minimum absolute atomic E-state index is 0.105. The van der Waals surface area contributed by atoms with E-state index < -0.39 is 0 Å². The van der Waals surface area contributed by atoms with Gasteiger partial charge in [-0.2, -0.15) is 0 Å². The van der Waals surface area contributed by atoms with Crippen LogP contribution in [-0.4, -0.2) is 29.2 Å². The highest BCUT2D eigenvalue weighted by atomic mass is 32.1. The van der Waals surface area contributed by atoms with Gasteiger partial charge in [0, 0.05) is 12.5 Å². The summed E-state index contributed by atoms with van der Waals surface area (Å²) < 4.78 is 5.24. The van der Waals surface area contributed by atoms with E-state index in [1.807, 2.05) is 0 Å². The summed E-state index contributed by atoms with van der Waals surface area (Å²) in [5.41, 5.74) is 0.651. The number of phenolic OH excluding ortho intramolecular Hbond substituents is 1. The third kappa shape index (κ3) is 4.27. The molecule has 2 N–H and O–H groups in total. The van der Waals surface area contributed by atoms with Gasteiger partial charge >= 0.3 is 0 Å². The normalized spacial score (nSPS) is 9.56. The number of hydrogen-bond acceptors (Lipinski definition) is 4. The molecule has 0 radical (unpaired) electrons. The summed E-state index contributed by atoms with van der Waals surface area (Å²) in [7, 11) is 0. The minimum atomic E-state index is -0.105. The number of nitrogens with one attached hydrogen (secondary N) is 1. The third-order valence-electron chi connectivity index (χ3n) is 1.79. The van der Waals surface area contributed by atoms with Crippen molar-refractivity contribution in [3.63, 3.8) is 0 Å². The molecule has 0 aliphatic heterocycles. The largest absolute Gasteiger partial charge is 0.508 e. The zero-order chi connectivity index (χ0) is 12.0. The summed E-state index contributed by atoms with van der Waals surface area (Å²) in [5, 5.41) is 12.1. The first kappa shape index (κ1) is 12.4. The van der Waals surface area contributed by atoms with E-state index in [2.05, 4.69) is 5.32 Å². The Morgan fingerprint density at radius 1 is 1.56 bits per heavy atom. The van der Waals surface area contributed by atoms with E-state index in [9.17, 15) is 9.90 Å². The van der Waals surface area contributed by atoms with Gasteiger partial charge in [0.2, 0.25) is 5.91 Å². The van der Waals surface area contributed by atoms with Crippen molar-refractivity contribution in [1.82, 2.24) is 5.32 Å². The first-order chi connectivity index (χ1) is 7.59. The van der Waals surface area contributed by atoms with Crippen LogP contribution in [-0.2, 0) is 9.53 Å². The molecule has 0 spiro atoms. The molecule has 0 fully saturated rings. The van der Waals surface area contributed by atoms with Gasteiger partial charge in [-0.25, -0.2) is 0 Å². The highest BCUT2D eigenvalue weighted by Gasteiger charge is 2.02. The average Bonchev–Trinajstić information content (AvgIpc) is 2.24. The zero-order valence-corrected chi connectivity index (χ0v) is 9.71. The lowest BCUT2D eigenvalue weighted by Gasteiger charge is -2.07. The lowest BCUT2D eigenvalue weighted by molar-refractivity contribution is -0.119. The maximum absolute atomic E-state index is 10.6. The Morgan fingerprint density at radius 3 is 2.94 bits per heavy atom. The Labute approximate surface area is 99.2 Å². The fourth-order valence-electron chi connectivity index (χ4n) is 1.09. The molecule has 16 heavy (non-hydrogen) atoms. The van der Waals surface area contributed by atoms with Crippen LogP contribution in [0.2, 0.25) is 0 Å². The topological polar surface area (TPSA) is 58.6 Å². The summed E-state index contributed by atoms with van der Waals surface area (Å²) in [6, 6.07) is 6.53. The number of carbonyl (C=O) groups excluding carboxylic acids is 1. The summed E-state index contributed by atoms with van der Waals surface area (Å²) in [5.74, 6) is 0.0391. The van der Waals surface area contributed by atoms with Gasteiger partial charge in [0.15, 0.2) is 5.05 Å². The van der Waals surface area contributed by atoms with Crippen LogP contribution in [0.1, 0.15) is 12.5 Å². The van der Waals surface area contributed by atoms with Gasteiger partial charge in [-0.1, -0.05) is 12.1 Å². The molecule has 4 nitrogen and oxygen atoms in total. The van der Waals surface area contributed by atoms with Gasteiger partial charge in [0.1, 0.15) is 12.4 Å². The fraction of sp³-hybridized carbons (Fsp3) is 0.273. The number of amides is 1. The second-order valence-electron chi connectivity index (χ2n) is 3.17. The molecule has 1 aromatic rings. The quantitative estimate of drug-likeness (QED) is 0.612. The molecule has 0 bridgehead atoms. The summed E-state index contributed by atoms with van der Waals surface area (Å²) >= 11 is 5.01. The molecule has 5 heteroatoms. The van der Waals surface area contributed by atoms with Crippen molar-refractivity contribution < 1.29 is 14.6 Å². The Balaban J connectivity index is 2.38. The molecule has 86 valence electrons. The maximum atomic E-state index is 10.6. The predicted molar refractivity (Wildman–Crippen MR) is 64.4 cm³/mol. The van der Waals surface area contributed by atoms with Crippen molar-refractivity contribution >= 4 is 23.2 Å². The van der Waals surface area contributed by atoms with E-state index in [1.165, 1.54) is 13.0 Å². The van der Waals surface area contributed by atoms with Gasteiger partial charge in [-0.05, 0) is 24.4 Å². The highest BCUT2D eigenvalue weighted by molar-refractivity contribution is 7.80. The van der Waals surface area contributed by atoms with E-state index in [0.717, 1.165) is 0 Å². The Hall–Kier alpha value is -1.62. The van der Waals surface area contributed by atoms with Crippen LogP contribution >= 0.6 is 12.2 Å². The van der Waals surface area contributed by atoms with Gasteiger partial charge in [-0.15, -0.1) is 0 Å². The van der Waals surface area contributed by atoms with Crippen molar-refractivity contribution in [2.24, 2.45) is 0 Å². The summed E-state index contributed by atoms with van der Waals surface area (Å²) in [6.07, 6.45) is 0. The first-order valence-corrected chi connectivity index (χ1v) is 5.21. The Bertz CT molecular complexity index is 393. The van der Waals surface area contributed by atoms with Crippen LogP contribution in [0.3, 0.4) is 0 Å². The van der Waals surface area contributed by atoms with Gasteiger partial charge in [0.05, 0.1) is 6.54 Å². The van der Waals surface area contributed by atoms with Crippen molar-refractivity contribution in [3.8, 4) is 5.75 Å². The SMILES string of the molecule is CC(=O)NCCOC(=S)c1cccc(O)c1. The molecule has 0 aliphatic rings. The zero-order valence-electron chi connectivity index (χ0n) is 8.90. The van der Waals surface area contributed by atoms with Crippen LogP contribution in [0.4, 0.5) is 0 Å². The van der Waals surface area contributed by atoms with E-state index in [1.54, 1.807) is 18.2 Å². The van der Waals surface area contributed by atoms with Crippen molar-refractivity contribution in [2.75, 3.05) is 13.2 Å². The molecule has 0 atom stereocenters. The molecule has 0 aliphatic carbocycles. The van der Waals surface area contributed by atoms with Crippen molar-refractivity contribution in [2.45, 2.75) is 6.92 Å². The van der Waals surface area contributed by atoms with Crippen molar-refractivity contribution in [3.05, 3.63) is 29.8 Å². The predicted octanol–water partition coefficient (Wildman–Crippen LogP) is 1.22. The van der Waals surface area contributed by atoms with Crippen LogP contribution in [0.5, 0.6) is 5.75 Å². The maximum Gasteiger partial charge on any atom is 0.216 e. The smallest absolute Gasteiger partial charge is 0.216 e. The molecular formula is C11H13NO3S. The van der Waals surface area contributed by atoms with Crippen molar-refractivity contribution in [1.29, 1.82) is 0 Å². The number of rotatable bonds is 4. The first-order valence-electron chi connectivity index (χ1n) is 4.80. The molecule has 0 aromatic heterocycles. The van der Waals surface area contributed by atoms with Crippen LogP contribution in [0.25, 0.3) is 0 Å². The highest BCUT2D eigenvalue weighted by Crippen LogP contribution is 2.12. The molecule has 0 heterocycles. The third-order valence-corrected chi connectivity index (χ3v) is 2.14. The standard InChI is InChI=1S/C11H13NO3S/c1-8(13)12-5-6-15-11(16)9-3-2-4-10(14)7-9/h2-4,7,14H,5-6H2,1H3,(H,12,13). The van der Waals surface area contributed by atoms with Gasteiger partial charge in [0.25, 0.3) is 0 Å². The number of carbonyl (C=O) groups is 1. The number of phenols is 1. The second-order valence-corrected chi connectivity index (χ2v) is 3.54. The Kier molecular flexibility index (Phi) is 4.72. The second kappa shape index (κ2) is 6.07. The summed E-state index contributed by atoms with van der Waals surface area (Å²) in [4.78, 5) is 10.6. The average molecular weight is 239 g/mol. The molecular weight excluding hydrogens is 226 g/mol. The minimum Gasteiger partial charge on any atom is -0.508 e. The number of benzene rings is 1. The molecule has 0 unspecified atom stereocenters. The van der Waals surface area contributed by atoms with E-state index in [0.29, 0.717) is 23.8 Å². The van der Waals surface area contributed by atoms with Gasteiger partial charge in [-0.3, -0.25) is 4.79 Å². The molecule has 1 amide bonds. The number of thiocarbonyl (C=S) groups is 1. The van der Waals surface area contributed by atoms with Gasteiger partial charge < -0.3 is 15.2 Å². The lowest BCUT2D eigenvalue weighted by atomic mass is 10.2. The molecule has 1 rings (SSSR count).